The summed E-state index contributed by atoms with van der Waals surface area (Å²) in [4.78, 5) is 24.5. The number of amides is 1. The van der Waals surface area contributed by atoms with Crippen LogP contribution in [0.3, 0.4) is 0 Å². The zero-order chi connectivity index (χ0) is 18.4. The highest BCUT2D eigenvalue weighted by Gasteiger charge is 2.26. The molecule has 132 valence electrons. The molecule has 0 radical (unpaired) electrons. The molecule has 0 spiro atoms. The first kappa shape index (κ1) is 19.3. The van der Waals surface area contributed by atoms with E-state index in [1.165, 1.54) is 7.11 Å². The van der Waals surface area contributed by atoms with Gasteiger partial charge >= 0.3 is 5.97 Å². The molecule has 1 amide bonds. The Morgan fingerprint density at radius 2 is 1.68 bits per heavy atom. The summed E-state index contributed by atoms with van der Waals surface area (Å²) in [5.41, 5.74) is 0.613. The Labute approximate surface area is 159 Å². The van der Waals surface area contributed by atoms with Gasteiger partial charge in [-0.3, -0.25) is 4.79 Å². The van der Waals surface area contributed by atoms with Gasteiger partial charge < -0.3 is 14.8 Å². The van der Waals surface area contributed by atoms with Gasteiger partial charge in [0.05, 0.1) is 7.11 Å². The number of rotatable bonds is 6. The summed E-state index contributed by atoms with van der Waals surface area (Å²) in [6.07, 6.45) is -0.802. The lowest BCUT2D eigenvalue weighted by Crippen LogP contribution is -2.41. The molecule has 1 N–H and O–H groups in total. The minimum absolute atomic E-state index is 0.437. The molecular formula is C18H17BrClNO4. The second-order valence-electron chi connectivity index (χ2n) is 5.23. The maximum atomic E-state index is 12.4. The van der Waals surface area contributed by atoms with Gasteiger partial charge in [0.2, 0.25) is 0 Å². The van der Waals surface area contributed by atoms with Gasteiger partial charge in [0, 0.05) is 9.50 Å². The molecule has 0 fully saturated rings. The van der Waals surface area contributed by atoms with Crippen LogP contribution in [0.15, 0.2) is 53.0 Å². The van der Waals surface area contributed by atoms with E-state index >= 15 is 0 Å². The number of hydrogen-bond donors (Lipinski definition) is 1. The third kappa shape index (κ3) is 5.47. The highest BCUT2D eigenvalue weighted by Crippen LogP contribution is 2.20. The van der Waals surface area contributed by atoms with Crippen LogP contribution in [0.25, 0.3) is 0 Å². The van der Waals surface area contributed by atoms with E-state index in [0.717, 1.165) is 4.47 Å². The normalized spacial score (nSPS) is 12.8. The molecule has 7 heteroatoms. The first-order chi connectivity index (χ1) is 11.9. The fourth-order valence-electron chi connectivity index (χ4n) is 2.08. The number of carbonyl (C=O) groups excluding carboxylic acids is 2. The van der Waals surface area contributed by atoms with E-state index in [2.05, 4.69) is 21.2 Å². The second-order valence-corrected chi connectivity index (χ2v) is 6.58. The highest BCUT2D eigenvalue weighted by atomic mass is 79.9. The molecule has 2 rings (SSSR count). The van der Waals surface area contributed by atoms with Crippen LogP contribution in [0.4, 0.5) is 0 Å². The van der Waals surface area contributed by atoms with Gasteiger partial charge in [-0.2, -0.15) is 0 Å². The van der Waals surface area contributed by atoms with Crippen molar-refractivity contribution < 1.29 is 19.1 Å². The summed E-state index contributed by atoms with van der Waals surface area (Å²) >= 11 is 9.15. The van der Waals surface area contributed by atoms with Crippen molar-refractivity contribution in [2.75, 3.05) is 7.11 Å². The lowest BCUT2D eigenvalue weighted by molar-refractivity contribution is -0.146. The summed E-state index contributed by atoms with van der Waals surface area (Å²) in [6, 6.07) is 12.8. The highest BCUT2D eigenvalue weighted by molar-refractivity contribution is 9.10. The van der Waals surface area contributed by atoms with Gasteiger partial charge in [-0.05, 0) is 48.9 Å². The number of benzene rings is 2. The Balaban J connectivity index is 2.09. The number of nitrogens with one attached hydrogen (secondary N) is 1. The molecule has 5 nitrogen and oxygen atoms in total. The van der Waals surface area contributed by atoms with Crippen molar-refractivity contribution in [3.8, 4) is 5.75 Å². The van der Waals surface area contributed by atoms with Crippen molar-refractivity contribution in [3.63, 3.8) is 0 Å². The molecule has 0 bridgehead atoms. The van der Waals surface area contributed by atoms with E-state index in [4.69, 9.17) is 21.1 Å². The molecular weight excluding hydrogens is 410 g/mol. The van der Waals surface area contributed by atoms with E-state index in [1.807, 2.05) is 0 Å². The van der Waals surface area contributed by atoms with Crippen LogP contribution in [-0.4, -0.2) is 25.1 Å². The monoisotopic (exact) mass is 425 g/mol. The third-order valence-corrected chi connectivity index (χ3v) is 4.20. The minimum Gasteiger partial charge on any atom is -0.481 e. The Kier molecular flexibility index (Phi) is 6.84. The molecule has 0 aromatic heterocycles. The van der Waals surface area contributed by atoms with Gasteiger partial charge in [0.1, 0.15) is 5.75 Å². The summed E-state index contributed by atoms with van der Waals surface area (Å²) in [5.74, 6) is -0.493. The smallest absolute Gasteiger partial charge is 0.333 e. The number of esters is 1. The summed E-state index contributed by atoms with van der Waals surface area (Å²) in [7, 11) is 1.27. The number of methoxy groups -OCH3 is 1. The molecule has 0 aliphatic heterocycles. The van der Waals surface area contributed by atoms with Gasteiger partial charge in [-0.15, -0.1) is 0 Å². The SMILES string of the molecule is COC(=O)C(NC(=O)C(C)Oc1ccc(Cl)cc1)c1ccc(Br)cc1. The van der Waals surface area contributed by atoms with Crippen molar-refractivity contribution >= 4 is 39.4 Å². The standard InChI is InChI=1S/C18H17BrClNO4/c1-11(25-15-9-7-14(20)8-10-15)17(22)21-16(18(23)24-2)12-3-5-13(19)6-4-12/h3-11,16H,1-2H3,(H,21,22). The van der Waals surface area contributed by atoms with Gasteiger partial charge in [-0.25, -0.2) is 4.79 Å². The molecule has 2 atom stereocenters. The fraction of sp³-hybridized carbons (Fsp3) is 0.222. The van der Waals surface area contributed by atoms with Crippen LogP contribution in [0.2, 0.25) is 5.02 Å². The molecule has 2 unspecified atom stereocenters. The zero-order valence-electron chi connectivity index (χ0n) is 13.7. The summed E-state index contributed by atoms with van der Waals surface area (Å²) in [6.45, 7) is 1.60. The number of ether oxygens (including phenoxy) is 2. The van der Waals surface area contributed by atoms with Gasteiger partial charge in [0.25, 0.3) is 5.91 Å². The maximum absolute atomic E-state index is 12.4. The van der Waals surface area contributed by atoms with Crippen molar-refractivity contribution in [1.29, 1.82) is 0 Å². The third-order valence-electron chi connectivity index (χ3n) is 3.42. The van der Waals surface area contributed by atoms with Crippen LogP contribution >= 0.6 is 27.5 Å². The maximum Gasteiger partial charge on any atom is 0.333 e. The average Bonchev–Trinajstić information content (AvgIpc) is 2.61. The predicted octanol–water partition coefficient (Wildman–Crippen LogP) is 3.90. The fourth-order valence-corrected chi connectivity index (χ4v) is 2.47. The van der Waals surface area contributed by atoms with Gasteiger partial charge in [0.15, 0.2) is 12.1 Å². The Morgan fingerprint density at radius 1 is 1.08 bits per heavy atom. The van der Waals surface area contributed by atoms with Gasteiger partial charge in [-0.1, -0.05) is 39.7 Å². The quantitative estimate of drug-likeness (QED) is 0.712. The number of hydrogen-bond acceptors (Lipinski definition) is 4. The van der Waals surface area contributed by atoms with Crippen LogP contribution in [0.1, 0.15) is 18.5 Å². The number of halogens is 2. The Hall–Kier alpha value is -2.05. The van der Waals surface area contributed by atoms with Crippen LogP contribution in [0.5, 0.6) is 5.75 Å². The Bertz CT molecular complexity index is 734. The predicted molar refractivity (Wildman–Crippen MR) is 98.6 cm³/mol. The molecule has 0 heterocycles. The summed E-state index contributed by atoms with van der Waals surface area (Å²) in [5, 5.41) is 3.23. The summed E-state index contributed by atoms with van der Waals surface area (Å²) < 4.78 is 11.2. The van der Waals surface area contributed by atoms with E-state index in [-0.39, 0.29) is 0 Å². The molecule has 0 saturated heterocycles. The molecule has 0 saturated carbocycles. The number of carbonyl (C=O) groups is 2. The lowest BCUT2D eigenvalue weighted by atomic mass is 10.1. The average molecular weight is 427 g/mol. The van der Waals surface area contributed by atoms with Crippen molar-refractivity contribution in [2.45, 2.75) is 19.1 Å². The van der Waals surface area contributed by atoms with Crippen LogP contribution in [-0.2, 0) is 14.3 Å². The minimum atomic E-state index is -0.915. The van der Waals surface area contributed by atoms with Crippen molar-refractivity contribution in [3.05, 3.63) is 63.6 Å². The molecule has 2 aromatic rings. The largest absolute Gasteiger partial charge is 0.481 e. The van der Waals surface area contributed by atoms with E-state index < -0.39 is 24.0 Å². The molecule has 0 aliphatic carbocycles. The molecule has 0 aliphatic rings. The Morgan fingerprint density at radius 3 is 2.24 bits per heavy atom. The van der Waals surface area contributed by atoms with E-state index in [9.17, 15) is 9.59 Å². The molecule has 2 aromatic carbocycles. The molecule has 25 heavy (non-hydrogen) atoms. The second kappa shape index (κ2) is 8.87. The van der Waals surface area contributed by atoms with Crippen LogP contribution < -0.4 is 10.1 Å². The first-order valence-corrected chi connectivity index (χ1v) is 8.63. The van der Waals surface area contributed by atoms with Crippen molar-refractivity contribution in [2.24, 2.45) is 0 Å². The van der Waals surface area contributed by atoms with E-state index in [0.29, 0.717) is 16.3 Å². The zero-order valence-corrected chi connectivity index (χ0v) is 16.0. The topological polar surface area (TPSA) is 64.6 Å². The lowest BCUT2D eigenvalue weighted by Gasteiger charge is -2.20. The van der Waals surface area contributed by atoms with Crippen molar-refractivity contribution in [1.82, 2.24) is 5.32 Å². The first-order valence-electron chi connectivity index (χ1n) is 7.46. The van der Waals surface area contributed by atoms with E-state index in [1.54, 1.807) is 55.5 Å². The van der Waals surface area contributed by atoms with Crippen LogP contribution in [0, 0.1) is 0 Å².